The number of allylic oxidation sites excluding steroid dienone is 1. The molecule has 0 spiro atoms. The largest absolute Gasteiger partial charge is 0.347 e. The second-order valence-corrected chi connectivity index (χ2v) is 5.44. The average Bonchev–Trinajstić information content (AvgIpc) is 2.84. The highest BCUT2D eigenvalue weighted by Gasteiger charge is 2.15. The number of aromatic nitrogens is 1. The van der Waals surface area contributed by atoms with Crippen molar-refractivity contribution >= 4 is 22.8 Å². The number of benzene rings is 2. The third-order valence-electron chi connectivity index (χ3n) is 4.14. The lowest BCUT2D eigenvalue weighted by Gasteiger charge is -2.01. The van der Waals surface area contributed by atoms with Crippen LogP contribution in [0.1, 0.15) is 21.6 Å². The maximum atomic E-state index is 12.5. The van der Waals surface area contributed by atoms with E-state index in [9.17, 15) is 10.1 Å². The lowest BCUT2D eigenvalue weighted by Crippen LogP contribution is -2.01. The van der Waals surface area contributed by atoms with E-state index in [1.807, 2.05) is 44.3 Å². The number of nitriles is 1. The van der Waals surface area contributed by atoms with Crippen molar-refractivity contribution in [1.29, 1.82) is 5.26 Å². The highest BCUT2D eigenvalue weighted by Crippen LogP contribution is 2.27. The van der Waals surface area contributed by atoms with E-state index >= 15 is 0 Å². The standard InChI is InChI=1S/C20H16N2O/c1-14-18(17-10-6-7-11-19(17)22(14)2)12-16(13-21)20(23)15-8-4-3-5-9-15/h3-12H,1-2H3/b16-12+. The fourth-order valence-corrected chi connectivity index (χ4v) is 2.77. The van der Waals surface area contributed by atoms with Crippen molar-refractivity contribution in [2.75, 3.05) is 0 Å². The molecule has 0 fully saturated rings. The molecule has 112 valence electrons. The van der Waals surface area contributed by atoms with Gasteiger partial charge in [0.2, 0.25) is 5.78 Å². The number of hydrogen-bond acceptors (Lipinski definition) is 2. The first-order valence-corrected chi connectivity index (χ1v) is 7.39. The van der Waals surface area contributed by atoms with E-state index in [0.29, 0.717) is 5.56 Å². The van der Waals surface area contributed by atoms with Crippen LogP contribution >= 0.6 is 0 Å². The molecule has 0 amide bonds. The average molecular weight is 300 g/mol. The Labute approximate surface area is 135 Å². The Hall–Kier alpha value is -3.12. The summed E-state index contributed by atoms with van der Waals surface area (Å²) in [7, 11) is 1.99. The Morgan fingerprint density at radius 3 is 2.43 bits per heavy atom. The normalized spacial score (nSPS) is 11.4. The lowest BCUT2D eigenvalue weighted by molar-refractivity contribution is 0.104. The van der Waals surface area contributed by atoms with Gasteiger partial charge in [0, 0.05) is 34.8 Å². The summed E-state index contributed by atoms with van der Waals surface area (Å²) in [6.07, 6.45) is 1.70. The molecule has 0 aliphatic rings. The van der Waals surface area contributed by atoms with Crippen molar-refractivity contribution in [2.45, 2.75) is 6.92 Å². The van der Waals surface area contributed by atoms with E-state index in [0.717, 1.165) is 22.2 Å². The fraction of sp³-hybridized carbons (Fsp3) is 0.100. The first-order chi connectivity index (χ1) is 11.1. The molecule has 0 aliphatic heterocycles. The molecule has 3 aromatic rings. The number of rotatable bonds is 3. The predicted molar refractivity (Wildman–Crippen MR) is 92.0 cm³/mol. The number of carbonyl (C=O) groups excluding carboxylic acids is 1. The van der Waals surface area contributed by atoms with Gasteiger partial charge in [0.1, 0.15) is 11.6 Å². The third kappa shape index (κ3) is 2.56. The number of nitrogens with zero attached hydrogens (tertiary/aromatic N) is 2. The van der Waals surface area contributed by atoms with Crippen molar-refractivity contribution < 1.29 is 4.79 Å². The summed E-state index contributed by atoms with van der Waals surface area (Å²) in [6, 6.07) is 18.9. The van der Waals surface area contributed by atoms with Crippen LogP contribution in [0, 0.1) is 18.3 Å². The van der Waals surface area contributed by atoms with Gasteiger partial charge in [-0.3, -0.25) is 4.79 Å². The van der Waals surface area contributed by atoms with Gasteiger partial charge in [0.15, 0.2) is 0 Å². The van der Waals surface area contributed by atoms with Crippen molar-refractivity contribution in [3.8, 4) is 6.07 Å². The summed E-state index contributed by atoms with van der Waals surface area (Å²) >= 11 is 0. The van der Waals surface area contributed by atoms with E-state index < -0.39 is 0 Å². The zero-order valence-electron chi connectivity index (χ0n) is 13.1. The highest BCUT2D eigenvalue weighted by atomic mass is 16.1. The molecule has 3 rings (SSSR count). The molecule has 0 N–H and O–H groups in total. The molecule has 3 nitrogen and oxygen atoms in total. The molecule has 0 atom stereocenters. The van der Waals surface area contributed by atoms with Crippen molar-refractivity contribution in [2.24, 2.45) is 7.05 Å². The quantitative estimate of drug-likeness (QED) is 0.412. The summed E-state index contributed by atoms with van der Waals surface area (Å²) in [5.74, 6) is -0.250. The molecule has 0 aliphatic carbocycles. The van der Waals surface area contributed by atoms with E-state index in [2.05, 4.69) is 10.6 Å². The van der Waals surface area contributed by atoms with Gasteiger partial charge in [-0.25, -0.2) is 0 Å². The van der Waals surface area contributed by atoms with Gasteiger partial charge in [-0.1, -0.05) is 48.5 Å². The van der Waals surface area contributed by atoms with Crippen LogP contribution in [0.25, 0.3) is 17.0 Å². The summed E-state index contributed by atoms with van der Waals surface area (Å²) in [6.45, 7) is 1.99. The number of Topliss-reactive ketones (excluding diaryl/α,β-unsaturated/α-hetero) is 1. The molecule has 2 aromatic carbocycles. The minimum atomic E-state index is -0.250. The van der Waals surface area contributed by atoms with Gasteiger partial charge < -0.3 is 4.57 Å². The number of fused-ring (bicyclic) bond motifs is 1. The number of ketones is 1. The van der Waals surface area contributed by atoms with Gasteiger partial charge in [-0.2, -0.15) is 5.26 Å². The SMILES string of the molecule is Cc1c(/C=C(\C#N)C(=O)c2ccccc2)c2ccccc2n1C. The first kappa shape index (κ1) is 14.8. The summed E-state index contributed by atoms with van der Waals surface area (Å²) < 4.78 is 2.07. The molecule has 0 saturated carbocycles. The smallest absolute Gasteiger partial charge is 0.203 e. The van der Waals surface area contributed by atoms with Crippen LogP contribution in [-0.2, 0) is 7.05 Å². The Balaban J connectivity index is 2.15. The highest BCUT2D eigenvalue weighted by molar-refractivity contribution is 6.14. The molecule has 0 radical (unpaired) electrons. The molecular weight excluding hydrogens is 284 g/mol. The van der Waals surface area contributed by atoms with Crippen LogP contribution in [0.2, 0.25) is 0 Å². The number of hydrogen-bond donors (Lipinski definition) is 0. The van der Waals surface area contributed by atoms with Crippen LogP contribution in [-0.4, -0.2) is 10.4 Å². The minimum absolute atomic E-state index is 0.149. The van der Waals surface area contributed by atoms with Crippen LogP contribution in [0.4, 0.5) is 0 Å². The minimum Gasteiger partial charge on any atom is -0.347 e. The molecule has 0 unspecified atom stereocenters. The zero-order chi connectivity index (χ0) is 16.4. The van der Waals surface area contributed by atoms with Gasteiger partial charge in [-0.05, 0) is 19.1 Å². The molecule has 1 heterocycles. The Morgan fingerprint density at radius 2 is 1.74 bits per heavy atom. The van der Waals surface area contributed by atoms with Crippen molar-refractivity contribution in [3.05, 3.63) is 77.0 Å². The van der Waals surface area contributed by atoms with E-state index in [4.69, 9.17) is 0 Å². The van der Waals surface area contributed by atoms with Crippen molar-refractivity contribution in [1.82, 2.24) is 4.57 Å². The first-order valence-electron chi connectivity index (χ1n) is 7.39. The Morgan fingerprint density at radius 1 is 1.09 bits per heavy atom. The summed E-state index contributed by atoms with van der Waals surface area (Å²) in [5, 5.41) is 10.5. The summed E-state index contributed by atoms with van der Waals surface area (Å²) in [5.41, 5.74) is 3.71. The monoisotopic (exact) mass is 300 g/mol. The van der Waals surface area contributed by atoms with Crippen molar-refractivity contribution in [3.63, 3.8) is 0 Å². The second-order valence-electron chi connectivity index (χ2n) is 5.44. The van der Waals surface area contributed by atoms with E-state index in [1.165, 1.54) is 0 Å². The van der Waals surface area contributed by atoms with Gasteiger partial charge >= 0.3 is 0 Å². The third-order valence-corrected chi connectivity index (χ3v) is 4.14. The molecular formula is C20H16N2O. The maximum absolute atomic E-state index is 12.5. The number of aryl methyl sites for hydroxylation is 1. The molecule has 1 aromatic heterocycles. The van der Waals surface area contributed by atoms with Gasteiger partial charge in [0.05, 0.1) is 0 Å². The Bertz CT molecular complexity index is 956. The fourth-order valence-electron chi connectivity index (χ4n) is 2.77. The lowest BCUT2D eigenvalue weighted by atomic mass is 10.0. The van der Waals surface area contributed by atoms with E-state index in [1.54, 1.807) is 30.3 Å². The molecule has 0 bridgehead atoms. The second kappa shape index (κ2) is 5.94. The topological polar surface area (TPSA) is 45.8 Å². The van der Waals surface area contributed by atoms with Crippen LogP contribution in [0.3, 0.4) is 0 Å². The Kier molecular flexibility index (Phi) is 3.82. The predicted octanol–water partition coefficient (Wildman–Crippen LogP) is 4.28. The number of carbonyl (C=O) groups is 1. The van der Waals surface area contributed by atoms with E-state index in [-0.39, 0.29) is 11.4 Å². The zero-order valence-corrected chi connectivity index (χ0v) is 13.1. The molecule has 23 heavy (non-hydrogen) atoms. The molecule has 3 heteroatoms. The van der Waals surface area contributed by atoms with Gasteiger partial charge in [-0.15, -0.1) is 0 Å². The van der Waals surface area contributed by atoms with Crippen LogP contribution in [0.15, 0.2) is 60.2 Å². The maximum Gasteiger partial charge on any atom is 0.203 e. The van der Waals surface area contributed by atoms with Crippen LogP contribution < -0.4 is 0 Å². The number of para-hydroxylation sites is 1. The van der Waals surface area contributed by atoms with Crippen LogP contribution in [0.5, 0.6) is 0 Å². The van der Waals surface area contributed by atoms with Gasteiger partial charge in [0.25, 0.3) is 0 Å². The molecule has 0 saturated heterocycles. The summed E-state index contributed by atoms with van der Waals surface area (Å²) in [4.78, 5) is 12.5.